The summed E-state index contributed by atoms with van der Waals surface area (Å²) in [4.78, 5) is 0. The fraction of sp³-hybridized carbons (Fsp3) is 0.0345. The maximum absolute atomic E-state index is 14.5. The van der Waals surface area contributed by atoms with Crippen molar-refractivity contribution in [1.82, 2.24) is 0 Å². The minimum Gasteiger partial charge on any atom is -0.489 e. The van der Waals surface area contributed by atoms with Gasteiger partial charge < -0.3 is 4.74 Å². The van der Waals surface area contributed by atoms with E-state index < -0.39 is 40.5 Å². The molecule has 0 aromatic heterocycles. The summed E-state index contributed by atoms with van der Waals surface area (Å²) < 4.78 is 88.8. The van der Waals surface area contributed by atoms with Gasteiger partial charge in [0.1, 0.15) is 29.8 Å². The fourth-order valence-electron chi connectivity index (χ4n) is 3.26. The van der Waals surface area contributed by atoms with Gasteiger partial charge in [-0.1, -0.05) is 42.4 Å². The van der Waals surface area contributed by atoms with Crippen molar-refractivity contribution in [2.24, 2.45) is 0 Å². The molecule has 0 heterocycles. The first-order valence-corrected chi connectivity index (χ1v) is 10.4. The van der Waals surface area contributed by atoms with Crippen LogP contribution >= 0.6 is 0 Å². The topological polar surface area (TPSA) is 9.23 Å². The quantitative estimate of drug-likeness (QED) is 0.129. The molecule has 0 aliphatic carbocycles. The lowest BCUT2D eigenvalue weighted by Gasteiger charge is -2.05. The van der Waals surface area contributed by atoms with Crippen molar-refractivity contribution in [2.45, 2.75) is 0 Å². The molecule has 0 atom stereocenters. The monoisotopic (exact) mass is 492 g/mol. The Balaban J connectivity index is 1.57. The Hall–Kier alpha value is -4.62. The van der Waals surface area contributed by atoms with Gasteiger partial charge in [-0.2, -0.15) is 0 Å². The van der Waals surface area contributed by atoms with Crippen LogP contribution in [0.3, 0.4) is 0 Å². The molecule has 0 N–H and O–H groups in total. The van der Waals surface area contributed by atoms with Gasteiger partial charge in [0.05, 0.1) is 11.1 Å². The second-order valence-electron chi connectivity index (χ2n) is 7.48. The predicted octanol–water partition coefficient (Wildman–Crippen LogP) is 7.04. The molecule has 0 fully saturated rings. The predicted molar refractivity (Wildman–Crippen MR) is 124 cm³/mol. The number of ether oxygens (including phenoxy) is 1. The van der Waals surface area contributed by atoms with E-state index in [9.17, 15) is 26.3 Å². The van der Waals surface area contributed by atoms with Gasteiger partial charge in [0, 0.05) is 28.6 Å². The zero-order valence-corrected chi connectivity index (χ0v) is 18.4. The van der Waals surface area contributed by atoms with E-state index in [1.165, 1.54) is 36.4 Å². The maximum Gasteiger partial charge on any atom is 0.195 e. The molecule has 36 heavy (non-hydrogen) atoms. The lowest BCUT2D eigenvalue weighted by Crippen LogP contribution is -1.97. The summed E-state index contributed by atoms with van der Waals surface area (Å²) in [7, 11) is 0. The summed E-state index contributed by atoms with van der Waals surface area (Å²) in [5.74, 6) is 3.33. The average Bonchev–Trinajstić information content (AvgIpc) is 2.85. The third-order valence-electron chi connectivity index (χ3n) is 5.00. The minimum absolute atomic E-state index is 0.00167. The van der Waals surface area contributed by atoms with Crippen LogP contribution < -0.4 is 4.74 Å². The first kappa shape index (κ1) is 24.5. The zero-order chi connectivity index (χ0) is 25.8. The molecule has 0 amide bonds. The molecule has 178 valence electrons. The third-order valence-corrected chi connectivity index (χ3v) is 5.00. The lowest BCUT2D eigenvalue weighted by molar-refractivity contribution is 0.358. The highest BCUT2D eigenvalue weighted by Crippen LogP contribution is 2.24. The first-order chi connectivity index (χ1) is 17.3. The Morgan fingerprint density at radius 3 is 2.03 bits per heavy atom. The van der Waals surface area contributed by atoms with Gasteiger partial charge in [-0.3, -0.25) is 0 Å². The molecule has 4 rings (SSSR count). The van der Waals surface area contributed by atoms with Gasteiger partial charge in [0.15, 0.2) is 17.5 Å². The molecule has 4 aromatic carbocycles. The Labute approximate surface area is 202 Å². The van der Waals surface area contributed by atoms with Crippen molar-refractivity contribution in [3.63, 3.8) is 0 Å². The molecule has 0 aliphatic heterocycles. The fourth-order valence-corrected chi connectivity index (χ4v) is 3.26. The largest absolute Gasteiger partial charge is 0.489 e. The molecular weight excluding hydrogens is 478 g/mol. The van der Waals surface area contributed by atoms with E-state index in [0.29, 0.717) is 5.56 Å². The summed E-state index contributed by atoms with van der Waals surface area (Å²) in [5.41, 5.74) is -0.0161. The minimum atomic E-state index is -1.56. The smallest absolute Gasteiger partial charge is 0.195 e. The zero-order valence-electron chi connectivity index (χ0n) is 18.4. The van der Waals surface area contributed by atoms with Crippen LogP contribution in [0.5, 0.6) is 5.75 Å². The molecule has 0 saturated heterocycles. The standard InChI is InChI=1S/C29H14F6O/c1-2-11-36-21-15-25(31)23(26(32)16-21)10-6-18-4-8-19(24(30)13-18)7-3-17-5-9-22-20(12-17)14-27(33)29(35)28(22)34/h2,4-5,8-9,12-16H,1,11H2. The second kappa shape index (κ2) is 10.3. The molecule has 0 radical (unpaired) electrons. The molecule has 0 aliphatic rings. The van der Waals surface area contributed by atoms with Gasteiger partial charge in [-0.05, 0) is 41.8 Å². The van der Waals surface area contributed by atoms with Gasteiger partial charge in [0.25, 0.3) is 0 Å². The molecule has 4 aromatic rings. The van der Waals surface area contributed by atoms with Gasteiger partial charge >= 0.3 is 0 Å². The van der Waals surface area contributed by atoms with Crippen LogP contribution in [0.15, 0.2) is 67.3 Å². The highest BCUT2D eigenvalue weighted by Gasteiger charge is 2.13. The number of hydrogen-bond donors (Lipinski definition) is 0. The molecule has 0 unspecified atom stereocenters. The molecule has 1 nitrogen and oxygen atoms in total. The Kier molecular flexibility index (Phi) is 7.03. The van der Waals surface area contributed by atoms with Crippen LogP contribution in [0.4, 0.5) is 26.3 Å². The Bertz CT molecular complexity index is 1610. The molecular formula is C29H14F6O. The highest BCUT2D eigenvalue weighted by atomic mass is 19.2. The van der Waals surface area contributed by atoms with Crippen molar-refractivity contribution < 1.29 is 31.1 Å². The lowest BCUT2D eigenvalue weighted by atomic mass is 10.1. The van der Waals surface area contributed by atoms with Crippen LogP contribution in [0.2, 0.25) is 0 Å². The summed E-state index contributed by atoms with van der Waals surface area (Å²) in [5, 5.41) is -0.00980. The van der Waals surface area contributed by atoms with Crippen molar-refractivity contribution >= 4 is 10.8 Å². The van der Waals surface area contributed by atoms with E-state index in [2.05, 4.69) is 30.3 Å². The summed E-state index contributed by atoms with van der Waals surface area (Å²) in [6.07, 6.45) is 1.43. The average molecular weight is 492 g/mol. The van der Waals surface area contributed by atoms with E-state index >= 15 is 0 Å². The normalized spacial score (nSPS) is 10.3. The van der Waals surface area contributed by atoms with Crippen molar-refractivity contribution in [3.8, 4) is 29.4 Å². The Morgan fingerprint density at radius 1 is 0.667 bits per heavy atom. The third kappa shape index (κ3) is 5.21. The maximum atomic E-state index is 14.5. The van der Waals surface area contributed by atoms with Gasteiger partial charge in [-0.25, -0.2) is 26.3 Å². The summed E-state index contributed by atoms with van der Waals surface area (Å²) >= 11 is 0. The molecule has 0 spiro atoms. The number of benzene rings is 4. The summed E-state index contributed by atoms with van der Waals surface area (Å²) in [6.45, 7) is 3.53. The van der Waals surface area contributed by atoms with E-state index in [1.54, 1.807) is 0 Å². The van der Waals surface area contributed by atoms with Crippen LogP contribution in [0.25, 0.3) is 10.8 Å². The number of hydrogen-bond acceptors (Lipinski definition) is 1. The van der Waals surface area contributed by atoms with Crippen molar-refractivity contribution in [2.75, 3.05) is 6.61 Å². The number of halogens is 6. The van der Waals surface area contributed by atoms with Crippen LogP contribution in [0, 0.1) is 58.6 Å². The molecule has 7 heteroatoms. The van der Waals surface area contributed by atoms with Crippen LogP contribution in [-0.4, -0.2) is 6.61 Å². The Morgan fingerprint density at radius 2 is 1.33 bits per heavy atom. The SMILES string of the molecule is C=CCOc1cc(F)c(C#Cc2ccc(C#Cc3ccc4c(F)c(F)c(F)cc4c3)c(F)c2)c(F)c1. The van der Waals surface area contributed by atoms with E-state index in [-0.39, 0.29) is 34.3 Å². The van der Waals surface area contributed by atoms with E-state index in [1.807, 2.05) is 0 Å². The number of fused-ring (bicyclic) bond motifs is 1. The van der Waals surface area contributed by atoms with Gasteiger partial charge in [0.2, 0.25) is 0 Å². The molecule has 0 bridgehead atoms. The van der Waals surface area contributed by atoms with Crippen LogP contribution in [0.1, 0.15) is 22.3 Å². The van der Waals surface area contributed by atoms with Crippen molar-refractivity contribution in [3.05, 3.63) is 124 Å². The second-order valence-corrected chi connectivity index (χ2v) is 7.48. The highest BCUT2D eigenvalue weighted by molar-refractivity contribution is 5.84. The molecule has 0 saturated carbocycles. The van der Waals surface area contributed by atoms with E-state index in [0.717, 1.165) is 24.3 Å². The van der Waals surface area contributed by atoms with Crippen LogP contribution in [-0.2, 0) is 0 Å². The van der Waals surface area contributed by atoms with Crippen molar-refractivity contribution in [1.29, 1.82) is 0 Å². The number of rotatable bonds is 3. The van der Waals surface area contributed by atoms with Gasteiger partial charge in [-0.15, -0.1) is 0 Å². The summed E-state index contributed by atoms with van der Waals surface area (Å²) in [6, 6.07) is 10.6. The first-order valence-electron chi connectivity index (χ1n) is 10.4. The van der Waals surface area contributed by atoms with E-state index in [4.69, 9.17) is 4.74 Å².